The Bertz CT molecular complexity index is 718. The van der Waals surface area contributed by atoms with Crippen LogP contribution in [0.1, 0.15) is 17.4 Å². The first-order valence-corrected chi connectivity index (χ1v) is 8.39. The summed E-state index contributed by atoms with van der Waals surface area (Å²) >= 11 is 3.19. The van der Waals surface area contributed by atoms with Crippen molar-refractivity contribution in [2.24, 2.45) is 0 Å². The van der Waals surface area contributed by atoms with Gasteiger partial charge in [-0.2, -0.15) is 4.37 Å². The van der Waals surface area contributed by atoms with E-state index >= 15 is 0 Å². The summed E-state index contributed by atoms with van der Waals surface area (Å²) in [7, 11) is 0. The molecule has 0 radical (unpaired) electrons. The summed E-state index contributed by atoms with van der Waals surface area (Å²) in [6.07, 6.45) is 4.60. The molecule has 0 atom stereocenters. The van der Waals surface area contributed by atoms with E-state index in [1.807, 2.05) is 12.1 Å². The predicted molar refractivity (Wildman–Crippen MR) is 90.8 cm³/mol. The van der Waals surface area contributed by atoms with Crippen LogP contribution in [0.25, 0.3) is 11.1 Å². The minimum Gasteiger partial charge on any atom is -0.382 e. The van der Waals surface area contributed by atoms with Gasteiger partial charge in [-0.1, -0.05) is 6.92 Å². The smallest absolute Gasteiger partial charge is 0.147 e. The van der Waals surface area contributed by atoms with Gasteiger partial charge in [0.05, 0.1) is 12.1 Å². The molecule has 0 aliphatic rings. The topological polar surface area (TPSA) is 63.8 Å². The van der Waals surface area contributed by atoms with Crippen molar-refractivity contribution in [3.05, 3.63) is 46.4 Å². The van der Waals surface area contributed by atoms with Crippen molar-refractivity contribution >= 4 is 33.7 Å². The quantitative estimate of drug-likeness (QED) is 0.746. The summed E-state index contributed by atoms with van der Waals surface area (Å²) in [5.74, 6) is 0.565. The Morgan fingerprint density at radius 3 is 2.81 bits per heavy atom. The van der Waals surface area contributed by atoms with E-state index in [0.29, 0.717) is 5.82 Å². The maximum absolute atomic E-state index is 6.02. The highest BCUT2D eigenvalue weighted by molar-refractivity contribution is 7.11. The molecular formula is C15H16N4S2. The molecule has 3 aromatic heterocycles. The third kappa shape index (κ3) is 2.91. The molecule has 0 saturated heterocycles. The Morgan fingerprint density at radius 2 is 2.05 bits per heavy atom. The van der Waals surface area contributed by atoms with Gasteiger partial charge in [-0.15, -0.1) is 11.3 Å². The van der Waals surface area contributed by atoms with E-state index in [-0.39, 0.29) is 0 Å². The van der Waals surface area contributed by atoms with Crippen LogP contribution in [0.3, 0.4) is 0 Å². The number of aryl methyl sites for hydroxylation is 1. The number of nitrogens with one attached hydrogen (secondary N) is 1. The van der Waals surface area contributed by atoms with E-state index in [9.17, 15) is 0 Å². The Kier molecular flexibility index (Phi) is 4.17. The molecule has 3 rings (SSSR count). The summed E-state index contributed by atoms with van der Waals surface area (Å²) in [6, 6.07) is 6.09. The fourth-order valence-corrected chi connectivity index (χ4v) is 3.87. The Hall–Kier alpha value is -1.92. The fraction of sp³-hybridized carbons (Fsp3) is 0.200. The lowest BCUT2D eigenvalue weighted by Gasteiger charge is -2.07. The molecule has 21 heavy (non-hydrogen) atoms. The lowest BCUT2D eigenvalue weighted by molar-refractivity contribution is 1.08. The molecule has 3 heterocycles. The summed E-state index contributed by atoms with van der Waals surface area (Å²) in [5.41, 5.74) is 9.43. The minimum absolute atomic E-state index is 0.565. The van der Waals surface area contributed by atoms with E-state index in [1.165, 1.54) is 22.0 Å². The van der Waals surface area contributed by atoms with Crippen LogP contribution in [-0.2, 0) is 13.0 Å². The van der Waals surface area contributed by atoms with Gasteiger partial charge in [0.25, 0.3) is 0 Å². The highest BCUT2D eigenvalue weighted by Crippen LogP contribution is 2.36. The number of hydrogen-bond donors (Lipinski definition) is 2. The zero-order valence-electron chi connectivity index (χ0n) is 11.7. The maximum Gasteiger partial charge on any atom is 0.147 e. The second-order valence-corrected chi connectivity index (χ2v) is 6.36. The minimum atomic E-state index is 0.565. The van der Waals surface area contributed by atoms with Crippen molar-refractivity contribution in [2.75, 3.05) is 11.1 Å². The number of thiophene rings is 1. The molecule has 0 aliphatic heterocycles. The van der Waals surface area contributed by atoms with Crippen molar-refractivity contribution in [3.8, 4) is 11.1 Å². The number of aromatic nitrogens is 2. The predicted octanol–water partition coefficient (Wildman–Crippen LogP) is 4.02. The molecule has 0 aromatic carbocycles. The SMILES string of the molecule is CCc1ccsc1CNc1snc(N)c1-c1ccncc1. The van der Waals surface area contributed by atoms with Gasteiger partial charge in [0.2, 0.25) is 0 Å². The highest BCUT2D eigenvalue weighted by Gasteiger charge is 2.14. The van der Waals surface area contributed by atoms with E-state index < -0.39 is 0 Å². The highest BCUT2D eigenvalue weighted by atomic mass is 32.1. The first-order chi connectivity index (χ1) is 10.3. The Labute approximate surface area is 131 Å². The average Bonchev–Trinajstić information content (AvgIpc) is 3.12. The van der Waals surface area contributed by atoms with Crippen molar-refractivity contribution in [1.82, 2.24) is 9.36 Å². The van der Waals surface area contributed by atoms with Crippen LogP contribution in [0.5, 0.6) is 0 Å². The van der Waals surface area contributed by atoms with E-state index in [1.54, 1.807) is 23.7 Å². The maximum atomic E-state index is 6.02. The summed E-state index contributed by atoms with van der Waals surface area (Å²) in [6.45, 7) is 2.99. The van der Waals surface area contributed by atoms with E-state index in [2.05, 4.69) is 33.0 Å². The van der Waals surface area contributed by atoms with Crippen LogP contribution >= 0.6 is 22.9 Å². The molecule has 0 amide bonds. The molecule has 108 valence electrons. The number of rotatable bonds is 5. The molecule has 0 fully saturated rings. The first-order valence-electron chi connectivity index (χ1n) is 6.74. The standard InChI is InChI=1S/C15H16N4S2/c1-2-10-5-8-20-12(10)9-18-15-13(14(16)19-21-15)11-3-6-17-7-4-11/h3-8,18H,2,9H2,1H3,(H2,16,19). The van der Waals surface area contributed by atoms with Crippen LogP contribution in [0, 0.1) is 0 Å². The molecule has 6 heteroatoms. The van der Waals surface area contributed by atoms with Crippen molar-refractivity contribution in [2.45, 2.75) is 19.9 Å². The summed E-state index contributed by atoms with van der Waals surface area (Å²) < 4.78 is 4.28. The zero-order valence-corrected chi connectivity index (χ0v) is 13.3. The summed E-state index contributed by atoms with van der Waals surface area (Å²) in [5, 5.41) is 6.62. The van der Waals surface area contributed by atoms with Gasteiger partial charge in [0, 0.05) is 17.3 Å². The number of nitrogens with two attached hydrogens (primary N) is 1. The van der Waals surface area contributed by atoms with Gasteiger partial charge >= 0.3 is 0 Å². The van der Waals surface area contributed by atoms with Crippen molar-refractivity contribution < 1.29 is 0 Å². The molecule has 3 aromatic rings. The van der Waals surface area contributed by atoms with Gasteiger partial charge in [0.1, 0.15) is 10.8 Å². The number of nitrogen functional groups attached to an aromatic ring is 1. The van der Waals surface area contributed by atoms with Crippen LogP contribution < -0.4 is 11.1 Å². The van der Waals surface area contributed by atoms with Gasteiger partial charge in [0.15, 0.2) is 0 Å². The fourth-order valence-electron chi connectivity index (χ4n) is 2.22. The third-order valence-electron chi connectivity index (χ3n) is 3.32. The number of pyridine rings is 1. The molecule has 0 unspecified atom stereocenters. The molecule has 0 aliphatic carbocycles. The average molecular weight is 316 g/mol. The molecule has 3 N–H and O–H groups in total. The molecule has 0 saturated carbocycles. The van der Waals surface area contributed by atoms with Crippen molar-refractivity contribution in [1.29, 1.82) is 0 Å². The number of anilines is 2. The molecular weight excluding hydrogens is 300 g/mol. The zero-order chi connectivity index (χ0) is 14.7. The molecule has 4 nitrogen and oxygen atoms in total. The number of nitrogens with zero attached hydrogens (tertiary/aromatic N) is 2. The van der Waals surface area contributed by atoms with Crippen LogP contribution in [-0.4, -0.2) is 9.36 Å². The van der Waals surface area contributed by atoms with Crippen LogP contribution in [0.15, 0.2) is 36.0 Å². The number of hydrogen-bond acceptors (Lipinski definition) is 6. The Morgan fingerprint density at radius 1 is 1.24 bits per heavy atom. The Balaban J connectivity index is 1.84. The van der Waals surface area contributed by atoms with Crippen LogP contribution in [0.2, 0.25) is 0 Å². The van der Waals surface area contributed by atoms with Gasteiger partial charge < -0.3 is 11.1 Å². The lowest BCUT2D eigenvalue weighted by atomic mass is 10.1. The van der Waals surface area contributed by atoms with Gasteiger partial charge in [-0.25, -0.2) is 0 Å². The summed E-state index contributed by atoms with van der Waals surface area (Å²) in [4.78, 5) is 5.41. The lowest BCUT2D eigenvalue weighted by Crippen LogP contribution is -2.00. The van der Waals surface area contributed by atoms with E-state index in [4.69, 9.17) is 5.73 Å². The van der Waals surface area contributed by atoms with Crippen molar-refractivity contribution in [3.63, 3.8) is 0 Å². The molecule has 0 spiro atoms. The molecule has 0 bridgehead atoms. The largest absolute Gasteiger partial charge is 0.382 e. The van der Waals surface area contributed by atoms with E-state index in [0.717, 1.165) is 29.1 Å². The normalized spacial score (nSPS) is 10.7. The first kappa shape index (κ1) is 14.0. The second kappa shape index (κ2) is 6.24. The van der Waals surface area contributed by atoms with Gasteiger partial charge in [-0.05, 0) is 52.7 Å². The van der Waals surface area contributed by atoms with Gasteiger partial charge in [-0.3, -0.25) is 4.98 Å². The monoisotopic (exact) mass is 316 g/mol. The van der Waals surface area contributed by atoms with Crippen LogP contribution in [0.4, 0.5) is 10.8 Å². The third-order valence-corrected chi connectivity index (χ3v) is 5.10. The second-order valence-electron chi connectivity index (χ2n) is 4.58.